The molecule has 1 aliphatic carbocycles. The molecule has 2 aliphatic rings. The Labute approximate surface area is 149 Å². The van der Waals surface area contributed by atoms with Gasteiger partial charge >= 0.3 is 0 Å². The number of rotatable bonds is 3. The molecule has 0 spiro atoms. The molecule has 0 saturated carbocycles. The highest BCUT2D eigenvalue weighted by Crippen LogP contribution is 2.47. The third-order valence-electron chi connectivity index (χ3n) is 4.77. The standard InChI is InChI=1S/C19H19FN2O2S/c1-10-16-14(6-7-15-17(16)22-11(2)25-15)24-18(10)19(23)21-9-12-4-3-5-13(20)8-12/h3-5,8,15,17H,6-7,9H2,1-2H3,(H,21,23)/t15-,17+/m1/s1. The van der Waals surface area contributed by atoms with Gasteiger partial charge in [0.25, 0.3) is 5.91 Å². The number of thioether (sulfide) groups is 1. The van der Waals surface area contributed by atoms with Gasteiger partial charge in [0.15, 0.2) is 5.76 Å². The summed E-state index contributed by atoms with van der Waals surface area (Å²) < 4.78 is 19.1. The quantitative estimate of drug-likeness (QED) is 0.896. The molecule has 4 nitrogen and oxygen atoms in total. The van der Waals surface area contributed by atoms with Crippen LogP contribution < -0.4 is 5.32 Å². The molecule has 130 valence electrons. The maximum absolute atomic E-state index is 13.2. The van der Waals surface area contributed by atoms with Gasteiger partial charge in [-0.3, -0.25) is 9.79 Å². The number of amides is 1. The number of nitrogens with one attached hydrogen (secondary N) is 1. The summed E-state index contributed by atoms with van der Waals surface area (Å²) in [6.45, 7) is 4.22. The van der Waals surface area contributed by atoms with Crippen LogP contribution in [0.5, 0.6) is 0 Å². The van der Waals surface area contributed by atoms with Crippen LogP contribution in [0.15, 0.2) is 33.7 Å². The second kappa shape index (κ2) is 6.33. The fraction of sp³-hybridized carbons (Fsp3) is 0.368. The maximum atomic E-state index is 13.2. The molecule has 2 heterocycles. The van der Waals surface area contributed by atoms with Gasteiger partial charge in [-0.1, -0.05) is 12.1 Å². The molecular formula is C19H19FN2O2S. The van der Waals surface area contributed by atoms with Crippen molar-refractivity contribution in [3.05, 3.63) is 58.3 Å². The van der Waals surface area contributed by atoms with Gasteiger partial charge in [0.2, 0.25) is 0 Å². The molecule has 6 heteroatoms. The molecule has 4 rings (SSSR count). The number of aryl methyl sites for hydroxylation is 1. The SMILES string of the molecule is CC1=N[C@@H]2c3c(oc(C(=O)NCc4cccc(F)c4)c3C)CC[C@H]2S1. The third-order valence-corrected chi connectivity index (χ3v) is 6.01. The summed E-state index contributed by atoms with van der Waals surface area (Å²) in [5.74, 6) is 0.661. The van der Waals surface area contributed by atoms with Gasteiger partial charge in [-0.15, -0.1) is 11.8 Å². The van der Waals surface area contributed by atoms with Gasteiger partial charge < -0.3 is 9.73 Å². The minimum absolute atomic E-state index is 0.0993. The van der Waals surface area contributed by atoms with Crippen LogP contribution >= 0.6 is 11.8 Å². The van der Waals surface area contributed by atoms with Crippen LogP contribution in [-0.4, -0.2) is 16.2 Å². The van der Waals surface area contributed by atoms with E-state index in [2.05, 4.69) is 5.32 Å². The van der Waals surface area contributed by atoms with Crippen molar-refractivity contribution in [1.82, 2.24) is 5.32 Å². The molecule has 25 heavy (non-hydrogen) atoms. The molecule has 2 aromatic rings. The van der Waals surface area contributed by atoms with E-state index in [0.29, 0.717) is 11.0 Å². The average molecular weight is 358 g/mol. The predicted octanol–water partition coefficient (Wildman–Crippen LogP) is 4.18. The lowest BCUT2D eigenvalue weighted by Gasteiger charge is -2.22. The van der Waals surface area contributed by atoms with Crippen molar-refractivity contribution >= 4 is 22.7 Å². The fourth-order valence-electron chi connectivity index (χ4n) is 3.62. The molecule has 0 saturated heterocycles. The first-order valence-corrected chi connectivity index (χ1v) is 9.26. The number of nitrogens with zero attached hydrogens (tertiary/aromatic N) is 1. The van der Waals surface area contributed by atoms with Crippen LogP contribution in [0.2, 0.25) is 0 Å². The number of halogens is 1. The molecule has 1 N–H and O–H groups in total. The number of hydrogen-bond acceptors (Lipinski definition) is 4. The van der Waals surface area contributed by atoms with Crippen molar-refractivity contribution < 1.29 is 13.6 Å². The summed E-state index contributed by atoms with van der Waals surface area (Å²) >= 11 is 1.82. The first-order valence-electron chi connectivity index (χ1n) is 8.39. The van der Waals surface area contributed by atoms with Crippen molar-refractivity contribution in [2.45, 2.75) is 44.5 Å². The normalized spacial score (nSPS) is 21.5. The Morgan fingerprint density at radius 2 is 2.28 bits per heavy atom. The van der Waals surface area contributed by atoms with Crippen molar-refractivity contribution in [3.8, 4) is 0 Å². The van der Waals surface area contributed by atoms with Gasteiger partial charge in [-0.05, 0) is 38.0 Å². The van der Waals surface area contributed by atoms with Gasteiger partial charge in [-0.2, -0.15) is 0 Å². The summed E-state index contributed by atoms with van der Waals surface area (Å²) in [6, 6.07) is 6.31. The van der Waals surface area contributed by atoms with E-state index < -0.39 is 0 Å². The summed E-state index contributed by atoms with van der Waals surface area (Å²) in [5, 5.41) is 4.37. The van der Waals surface area contributed by atoms with E-state index >= 15 is 0 Å². The molecular weight excluding hydrogens is 339 g/mol. The van der Waals surface area contributed by atoms with E-state index in [1.54, 1.807) is 12.1 Å². The Morgan fingerprint density at radius 1 is 1.44 bits per heavy atom. The highest BCUT2D eigenvalue weighted by molar-refractivity contribution is 8.14. The molecule has 0 unspecified atom stereocenters. The van der Waals surface area contributed by atoms with Gasteiger partial charge in [0, 0.05) is 29.3 Å². The van der Waals surface area contributed by atoms with Crippen LogP contribution in [0, 0.1) is 12.7 Å². The molecule has 2 atom stereocenters. The first kappa shape index (κ1) is 16.4. The smallest absolute Gasteiger partial charge is 0.287 e. The zero-order valence-electron chi connectivity index (χ0n) is 14.1. The lowest BCUT2D eigenvalue weighted by Crippen LogP contribution is -2.23. The average Bonchev–Trinajstić information content (AvgIpc) is 3.12. The number of furan rings is 1. The highest BCUT2D eigenvalue weighted by Gasteiger charge is 2.39. The fourth-order valence-corrected chi connectivity index (χ4v) is 4.79. The maximum Gasteiger partial charge on any atom is 0.287 e. The van der Waals surface area contributed by atoms with E-state index in [9.17, 15) is 9.18 Å². The van der Waals surface area contributed by atoms with Crippen molar-refractivity contribution in [1.29, 1.82) is 0 Å². The number of benzene rings is 1. The highest BCUT2D eigenvalue weighted by atomic mass is 32.2. The van der Waals surface area contributed by atoms with Crippen molar-refractivity contribution in [2.24, 2.45) is 4.99 Å². The van der Waals surface area contributed by atoms with Gasteiger partial charge in [0.05, 0.1) is 11.1 Å². The van der Waals surface area contributed by atoms with Crippen LogP contribution in [0.3, 0.4) is 0 Å². The Kier molecular flexibility index (Phi) is 4.15. The molecule has 0 radical (unpaired) electrons. The minimum Gasteiger partial charge on any atom is -0.455 e. The van der Waals surface area contributed by atoms with E-state index in [1.807, 2.05) is 25.6 Å². The Bertz CT molecular complexity index is 874. The molecule has 1 aromatic heterocycles. The van der Waals surface area contributed by atoms with E-state index in [0.717, 1.165) is 40.3 Å². The lowest BCUT2D eigenvalue weighted by molar-refractivity contribution is 0.0920. The summed E-state index contributed by atoms with van der Waals surface area (Å²) in [6.07, 6.45) is 1.85. The number of hydrogen-bond donors (Lipinski definition) is 1. The second-order valence-corrected chi connectivity index (χ2v) is 7.93. The van der Waals surface area contributed by atoms with Gasteiger partial charge in [-0.25, -0.2) is 4.39 Å². The summed E-state index contributed by atoms with van der Waals surface area (Å²) in [5.41, 5.74) is 2.67. The van der Waals surface area contributed by atoms with E-state index in [-0.39, 0.29) is 24.3 Å². The molecule has 0 fully saturated rings. The zero-order valence-corrected chi connectivity index (χ0v) is 15.0. The number of carbonyl (C=O) groups excluding carboxylic acids is 1. The molecule has 1 aromatic carbocycles. The summed E-state index contributed by atoms with van der Waals surface area (Å²) in [7, 11) is 0. The Balaban J connectivity index is 1.55. The minimum atomic E-state index is -0.311. The van der Waals surface area contributed by atoms with Crippen LogP contribution in [-0.2, 0) is 13.0 Å². The van der Waals surface area contributed by atoms with Crippen LogP contribution in [0.4, 0.5) is 4.39 Å². The molecule has 1 amide bonds. The van der Waals surface area contributed by atoms with Crippen molar-refractivity contribution in [3.63, 3.8) is 0 Å². The van der Waals surface area contributed by atoms with E-state index in [4.69, 9.17) is 9.41 Å². The van der Waals surface area contributed by atoms with Gasteiger partial charge in [0.1, 0.15) is 11.6 Å². The second-order valence-electron chi connectivity index (χ2n) is 6.49. The van der Waals surface area contributed by atoms with Crippen LogP contribution in [0.25, 0.3) is 0 Å². The summed E-state index contributed by atoms with van der Waals surface area (Å²) in [4.78, 5) is 17.3. The Morgan fingerprint density at radius 3 is 3.08 bits per heavy atom. The van der Waals surface area contributed by atoms with Crippen LogP contribution in [0.1, 0.15) is 52.4 Å². The number of carbonyl (C=O) groups is 1. The molecule has 1 aliphatic heterocycles. The first-order chi connectivity index (χ1) is 12.0. The predicted molar refractivity (Wildman–Crippen MR) is 96.6 cm³/mol. The zero-order chi connectivity index (χ0) is 17.6. The van der Waals surface area contributed by atoms with Crippen molar-refractivity contribution in [2.75, 3.05) is 0 Å². The largest absolute Gasteiger partial charge is 0.455 e. The lowest BCUT2D eigenvalue weighted by atomic mass is 9.90. The molecule has 0 bridgehead atoms. The number of fused-ring (bicyclic) bond motifs is 3. The monoisotopic (exact) mass is 358 g/mol. The Hall–Kier alpha value is -2.08. The van der Waals surface area contributed by atoms with E-state index in [1.165, 1.54) is 12.1 Å². The topological polar surface area (TPSA) is 54.6 Å². The number of aliphatic imine (C=N–C) groups is 1. The third kappa shape index (κ3) is 2.99.